The monoisotopic (exact) mass is 360 g/mol. The van der Waals surface area contributed by atoms with Crippen LogP contribution in [0.3, 0.4) is 0 Å². The van der Waals surface area contributed by atoms with E-state index in [1.165, 1.54) is 11.1 Å². The van der Waals surface area contributed by atoms with Gasteiger partial charge in [0.1, 0.15) is 6.04 Å². The normalized spacial score (nSPS) is 18.7. The van der Waals surface area contributed by atoms with E-state index in [0.717, 1.165) is 34.9 Å². The summed E-state index contributed by atoms with van der Waals surface area (Å²) in [4.78, 5) is 18.2. The first-order chi connectivity index (χ1) is 13.0. The van der Waals surface area contributed by atoms with E-state index in [1.54, 1.807) is 6.20 Å². The van der Waals surface area contributed by atoms with Crippen LogP contribution in [0.4, 0.5) is 0 Å². The molecule has 1 saturated heterocycles. The van der Waals surface area contributed by atoms with Gasteiger partial charge in [-0.25, -0.2) is 0 Å². The Labute approximate surface area is 159 Å². The first kappa shape index (κ1) is 17.7. The molecule has 0 spiro atoms. The zero-order chi connectivity index (χ0) is 19.0. The molecular formula is C23H24N2O2. The fourth-order valence-corrected chi connectivity index (χ4v) is 4.38. The lowest BCUT2D eigenvalue weighted by molar-refractivity contribution is -0.142. The molecule has 2 atom stereocenters. The number of aromatic nitrogens is 1. The number of rotatable bonds is 4. The van der Waals surface area contributed by atoms with Crippen LogP contribution in [0, 0.1) is 13.8 Å². The quantitative estimate of drug-likeness (QED) is 0.745. The van der Waals surface area contributed by atoms with E-state index in [-0.39, 0.29) is 6.04 Å². The van der Waals surface area contributed by atoms with Gasteiger partial charge >= 0.3 is 5.97 Å². The second-order valence-corrected chi connectivity index (χ2v) is 7.54. The van der Waals surface area contributed by atoms with Crippen LogP contribution >= 0.6 is 0 Å². The smallest absolute Gasteiger partial charge is 0.320 e. The number of fused-ring (bicyclic) bond motifs is 1. The number of hydrogen-bond donors (Lipinski definition) is 1. The number of carbonyl (C=O) groups is 1. The number of aryl methyl sites for hydroxylation is 2. The van der Waals surface area contributed by atoms with E-state index in [1.807, 2.05) is 12.3 Å². The Morgan fingerprint density at radius 2 is 1.85 bits per heavy atom. The summed E-state index contributed by atoms with van der Waals surface area (Å²) in [6.45, 7) is 4.99. The molecular weight excluding hydrogens is 336 g/mol. The number of carboxylic acids is 1. The van der Waals surface area contributed by atoms with Gasteiger partial charge in [0.05, 0.1) is 6.04 Å². The fraction of sp³-hybridized carbons (Fsp3) is 0.304. The van der Waals surface area contributed by atoms with Crippen molar-refractivity contribution in [3.05, 3.63) is 77.1 Å². The lowest BCUT2D eigenvalue weighted by Crippen LogP contribution is -2.39. The molecule has 2 unspecified atom stereocenters. The van der Waals surface area contributed by atoms with Gasteiger partial charge in [0.2, 0.25) is 0 Å². The van der Waals surface area contributed by atoms with E-state index in [2.05, 4.69) is 60.1 Å². The van der Waals surface area contributed by atoms with Crippen molar-refractivity contribution in [2.24, 2.45) is 0 Å². The van der Waals surface area contributed by atoms with Gasteiger partial charge in [-0.3, -0.25) is 14.7 Å². The zero-order valence-electron chi connectivity index (χ0n) is 15.7. The van der Waals surface area contributed by atoms with Crippen LogP contribution in [0.25, 0.3) is 10.8 Å². The van der Waals surface area contributed by atoms with E-state index < -0.39 is 12.0 Å². The third-order valence-corrected chi connectivity index (χ3v) is 5.45. The topological polar surface area (TPSA) is 53.4 Å². The first-order valence-electron chi connectivity index (χ1n) is 9.43. The van der Waals surface area contributed by atoms with Gasteiger partial charge in [-0.2, -0.15) is 0 Å². The SMILES string of the molecule is Cc1cc(C)cc(C(c2ccc3cnccc3c2)N2CCCC2C(=O)O)c1. The highest BCUT2D eigenvalue weighted by molar-refractivity contribution is 5.82. The Bertz CT molecular complexity index is 978. The lowest BCUT2D eigenvalue weighted by Gasteiger charge is -2.32. The third kappa shape index (κ3) is 3.45. The van der Waals surface area contributed by atoms with Gasteiger partial charge in [0.15, 0.2) is 0 Å². The Balaban J connectivity index is 1.87. The molecule has 1 aliphatic rings. The lowest BCUT2D eigenvalue weighted by atomic mass is 9.92. The van der Waals surface area contributed by atoms with E-state index in [9.17, 15) is 9.90 Å². The Hall–Kier alpha value is -2.72. The standard InChI is InChI=1S/C23H24N2O2/c1-15-10-16(2)12-20(11-15)22(25-9-3-4-21(25)23(26)27)18-5-6-19-14-24-8-7-17(19)13-18/h5-8,10-14,21-22H,3-4,9H2,1-2H3,(H,26,27). The van der Waals surface area contributed by atoms with Crippen molar-refractivity contribution in [1.29, 1.82) is 0 Å². The molecule has 27 heavy (non-hydrogen) atoms. The molecule has 0 bridgehead atoms. The summed E-state index contributed by atoms with van der Waals surface area (Å²) in [5.41, 5.74) is 4.69. The molecule has 1 N–H and O–H groups in total. The van der Waals surface area contributed by atoms with E-state index in [4.69, 9.17) is 0 Å². The van der Waals surface area contributed by atoms with Crippen molar-refractivity contribution in [3.63, 3.8) is 0 Å². The molecule has 4 nitrogen and oxygen atoms in total. The number of aliphatic carboxylic acids is 1. The van der Waals surface area contributed by atoms with Crippen molar-refractivity contribution < 1.29 is 9.90 Å². The molecule has 2 aromatic carbocycles. The number of hydrogen-bond acceptors (Lipinski definition) is 3. The Kier molecular flexibility index (Phi) is 4.66. The highest BCUT2D eigenvalue weighted by atomic mass is 16.4. The van der Waals surface area contributed by atoms with Gasteiger partial charge in [-0.15, -0.1) is 0 Å². The van der Waals surface area contributed by atoms with Crippen molar-refractivity contribution in [2.75, 3.05) is 6.54 Å². The van der Waals surface area contributed by atoms with Crippen molar-refractivity contribution in [2.45, 2.75) is 38.8 Å². The van der Waals surface area contributed by atoms with Crippen LogP contribution < -0.4 is 0 Å². The van der Waals surface area contributed by atoms with Crippen LogP contribution in [0.1, 0.15) is 41.1 Å². The van der Waals surface area contributed by atoms with Crippen molar-refractivity contribution in [3.8, 4) is 0 Å². The molecule has 4 heteroatoms. The minimum Gasteiger partial charge on any atom is -0.480 e. The second kappa shape index (κ2) is 7.12. The maximum Gasteiger partial charge on any atom is 0.320 e. The van der Waals surface area contributed by atoms with Crippen LogP contribution in [0.5, 0.6) is 0 Å². The molecule has 1 fully saturated rings. The highest BCUT2D eigenvalue weighted by Crippen LogP contribution is 2.36. The van der Waals surface area contributed by atoms with Gasteiger partial charge < -0.3 is 5.11 Å². The average Bonchev–Trinajstić information content (AvgIpc) is 3.10. The number of pyridine rings is 1. The molecule has 0 radical (unpaired) electrons. The van der Waals surface area contributed by atoms with Gasteiger partial charge in [-0.05, 0) is 55.3 Å². The molecule has 2 heterocycles. The minimum atomic E-state index is -0.730. The first-order valence-corrected chi connectivity index (χ1v) is 9.43. The summed E-state index contributed by atoms with van der Waals surface area (Å²) in [6, 6.07) is 14.4. The summed E-state index contributed by atoms with van der Waals surface area (Å²) in [5, 5.41) is 12.0. The average molecular weight is 360 g/mol. The van der Waals surface area contributed by atoms with Crippen molar-refractivity contribution in [1.82, 2.24) is 9.88 Å². The Morgan fingerprint density at radius 3 is 2.59 bits per heavy atom. The highest BCUT2D eigenvalue weighted by Gasteiger charge is 2.37. The van der Waals surface area contributed by atoms with Crippen LogP contribution in [-0.2, 0) is 4.79 Å². The summed E-state index contributed by atoms with van der Waals surface area (Å²) in [6.07, 6.45) is 5.28. The maximum absolute atomic E-state index is 11.9. The molecule has 0 saturated carbocycles. The molecule has 1 aromatic heterocycles. The fourth-order valence-electron chi connectivity index (χ4n) is 4.38. The zero-order valence-corrected chi connectivity index (χ0v) is 15.7. The number of carboxylic acid groups (broad SMARTS) is 1. The Morgan fingerprint density at radius 1 is 1.07 bits per heavy atom. The summed E-state index contributed by atoms with van der Waals surface area (Å²) in [5.74, 6) is -0.730. The minimum absolute atomic E-state index is 0.0650. The second-order valence-electron chi connectivity index (χ2n) is 7.54. The van der Waals surface area contributed by atoms with Crippen LogP contribution in [0.15, 0.2) is 54.9 Å². The van der Waals surface area contributed by atoms with Gasteiger partial charge in [-0.1, -0.05) is 41.5 Å². The number of likely N-dealkylation sites (tertiary alicyclic amines) is 1. The number of benzene rings is 2. The predicted molar refractivity (Wildman–Crippen MR) is 107 cm³/mol. The summed E-state index contributed by atoms with van der Waals surface area (Å²) in [7, 11) is 0. The summed E-state index contributed by atoms with van der Waals surface area (Å²) >= 11 is 0. The predicted octanol–water partition coefficient (Wildman–Crippen LogP) is 4.49. The third-order valence-electron chi connectivity index (χ3n) is 5.45. The molecule has 0 amide bonds. The molecule has 1 aliphatic heterocycles. The van der Waals surface area contributed by atoms with Crippen LogP contribution in [-0.4, -0.2) is 33.5 Å². The van der Waals surface area contributed by atoms with E-state index in [0.29, 0.717) is 6.42 Å². The maximum atomic E-state index is 11.9. The van der Waals surface area contributed by atoms with Gasteiger partial charge in [0.25, 0.3) is 0 Å². The molecule has 138 valence electrons. The summed E-state index contributed by atoms with van der Waals surface area (Å²) < 4.78 is 0. The van der Waals surface area contributed by atoms with Crippen LogP contribution in [0.2, 0.25) is 0 Å². The van der Waals surface area contributed by atoms with E-state index >= 15 is 0 Å². The largest absolute Gasteiger partial charge is 0.480 e. The molecule has 3 aromatic rings. The molecule has 4 rings (SSSR count). The van der Waals surface area contributed by atoms with Crippen molar-refractivity contribution >= 4 is 16.7 Å². The number of nitrogens with zero attached hydrogens (tertiary/aromatic N) is 2. The molecule has 0 aliphatic carbocycles. The van der Waals surface area contributed by atoms with Gasteiger partial charge in [0, 0.05) is 24.3 Å².